The summed E-state index contributed by atoms with van der Waals surface area (Å²) in [5.41, 5.74) is 1.80. The van der Waals surface area contributed by atoms with Crippen LogP contribution in [0.15, 0.2) is 93.3 Å². The molecule has 0 unspecified atom stereocenters. The normalized spacial score (nSPS) is 15.1. The second kappa shape index (κ2) is 9.44. The van der Waals surface area contributed by atoms with Crippen LogP contribution < -0.4 is 5.01 Å². The van der Waals surface area contributed by atoms with E-state index in [-0.39, 0.29) is 11.6 Å². The Morgan fingerprint density at radius 1 is 1.03 bits per heavy atom. The van der Waals surface area contributed by atoms with Crippen LogP contribution in [-0.2, 0) is 4.79 Å². The third-order valence-corrected chi connectivity index (χ3v) is 6.49. The first-order valence-electron chi connectivity index (χ1n) is 10.6. The molecule has 1 aliphatic heterocycles. The Kier molecular flexibility index (Phi) is 6.59. The predicted octanol–water partition coefficient (Wildman–Crippen LogP) is 7.23. The molecule has 0 atom stereocenters. The minimum atomic E-state index is -0.440. The first-order chi connectivity index (χ1) is 16.1. The van der Waals surface area contributed by atoms with Gasteiger partial charge in [0.1, 0.15) is 0 Å². The Bertz CT molecular complexity index is 1310. The number of nitrogens with zero attached hydrogens (tertiary/aromatic N) is 3. The van der Waals surface area contributed by atoms with E-state index < -0.39 is 10.3 Å². The zero-order valence-corrected chi connectivity index (χ0v) is 20.4. The van der Waals surface area contributed by atoms with Gasteiger partial charge in [-0.1, -0.05) is 62.3 Å². The van der Waals surface area contributed by atoms with Crippen LogP contribution in [0.4, 0.5) is 11.4 Å². The lowest BCUT2D eigenvalue weighted by Crippen LogP contribution is -2.24. The quantitative estimate of drug-likeness (QED) is 0.214. The molecule has 8 heteroatoms. The van der Waals surface area contributed by atoms with Gasteiger partial charge in [-0.15, -0.1) is 0 Å². The van der Waals surface area contributed by atoms with Gasteiger partial charge < -0.3 is 0 Å². The highest BCUT2D eigenvalue weighted by Gasteiger charge is 2.37. The van der Waals surface area contributed by atoms with Gasteiger partial charge in [0.25, 0.3) is 11.6 Å². The zero-order chi connectivity index (χ0) is 24.5. The zero-order valence-electron chi connectivity index (χ0n) is 18.9. The van der Waals surface area contributed by atoms with Crippen molar-refractivity contribution in [2.45, 2.75) is 30.6 Å². The first kappa shape index (κ1) is 23.7. The maximum Gasteiger partial charge on any atom is 0.280 e. The van der Waals surface area contributed by atoms with Crippen molar-refractivity contribution in [1.29, 1.82) is 0 Å². The topological polar surface area (TPSA) is 75.8 Å². The fraction of sp³-hybridized carbons (Fsp3) is 0.154. The molecule has 0 radical (unpaired) electrons. The summed E-state index contributed by atoms with van der Waals surface area (Å²) in [6.45, 7) is 5.95. The highest BCUT2D eigenvalue weighted by molar-refractivity contribution is 7.99. The Morgan fingerprint density at radius 2 is 1.71 bits per heavy atom. The van der Waals surface area contributed by atoms with Gasteiger partial charge in [0, 0.05) is 32.4 Å². The summed E-state index contributed by atoms with van der Waals surface area (Å²) in [5, 5.41) is 18.1. The van der Waals surface area contributed by atoms with Gasteiger partial charge in [0.15, 0.2) is 0 Å². The van der Waals surface area contributed by atoms with Crippen molar-refractivity contribution in [3.05, 3.63) is 99.1 Å². The molecule has 1 heterocycles. The van der Waals surface area contributed by atoms with Crippen LogP contribution in [0.1, 0.15) is 26.3 Å². The molecule has 3 aromatic rings. The van der Waals surface area contributed by atoms with Crippen LogP contribution in [0.2, 0.25) is 5.02 Å². The number of para-hydroxylation sites is 1. The van der Waals surface area contributed by atoms with Crippen molar-refractivity contribution in [2.75, 3.05) is 5.01 Å². The number of rotatable bonds is 5. The van der Waals surface area contributed by atoms with Crippen molar-refractivity contribution in [3.8, 4) is 0 Å². The lowest BCUT2D eigenvalue weighted by molar-refractivity contribution is -0.384. The largest absolute Gasteiger partial charge is 0.280 e. The smallest absolute Gasteiger partial charge is 0.267 e. The number of amides is 1. The number of anilines is 1. The minimum Gasteiger partial charge on any atom is -0.267 e. The number of hydrogen-bond donors (Lipinski definition) is 0. The van der Waals surface area contributed by atoms with Crippen LogP contribution in [0.5, 0.6) is 0 Å². The molecule has 0 saturated carbocycles. The first-order valence-corrected chi connectivity index (χ1v) is 11.8. The lowest BCUT2D eigenvalue weighted by atomic mass is 9.85. The molecule has 3 aromatic carbocycles. The van der Waals surface area contributed by atoms with Crippen molar-refractivity contribution in [3.63, 3.8) is 0 Å². The number of hydrogen-bond acceptors (Lipinski definition) is 5. The summed E-state index contributed by atoms with van der Waals surface area (Å²) in [6, 6.07) is 21.2. The molecule has 1 aliphatic rings. The second-order valence-electron chi connectivity index (χ2n) is 8.74. The standard InChI is InChI=1S/C26H22ClN3O3S/c1-26(2,3)24-22(25(31)29(28-24)19-7-5-4-6-8-19)16-17-15-20(30(32)33)11-14-23(17)34-21-12-9-18(27)10-13-21/h4-16H,1-3H3. The lowest BCUT2D eigenvalue weighted by Gasteiger charge is -2.18. The summed E-state index contributed by atoms with van der Waals surface area (Å²) in [7, 11) is 0. The fourth-order valence-electron chi connectivity index (χ4n) is 3.48. The Labute approximate surface area is 207 Å². The van der Waals surface area contributed by atoms with E-state index >= 15 is 0 Å². The molecular formula is C26H22ClN3O3S. The van der Waals surface area contributed by atoms with E-state index in [1.54, 1.807) is 24.3 Å². The fourth-order valence-corrected chi connectivity index (χ4v) is 4.51. The number of carbonyl (C=O) groups is 1. The summed E-state index contributed by atoms with van der Waals surface area (Å²) in [4.78, 5) is 26.2. The minimum absolute atomic E-state index is 0.0492. The molecule has 0 N–H and O–H groups in total. The third-order valence-electron chi connectivity index (χ3n) is 5.13. The van der Waals surface area contributed by atoms with Gasteiger partial charge >= 0.3 is 0 Å². The van der Waals surface area contributed by atoms with Gasteiger partial charge in [0.2, 0.25) is 0 Å². The summed E-state index contributed by atoms with van der Waals surface area (Å²) in [6.07, 6.45) is 1.71. The van der Waals surface area contributed by atoms with Crippen molar-refractivity contribution in [1.82, 2.24) is 0 Å². The summed E-state index contributed by atoms with van der Waals surface area (Å²) < 4.78 is 0. The highest BCUT2D eigenvalue weighted by atomic mass is 35.5. The van der Waals surface area contributed by atoms with E-state index in [0.29, 0.717) is 27.6 Å². The van der Waals surface area contributed by atoms with Crippen LogP contribution in [-0.4, -0.2) is 16.5 Å². The second-order valence-corrected chi connectivity index (χ2v) is 10.3. The van der Waals surface area contributed by atoms with Crippen LogP contribution in [0.25, 0.3) is 6.08 Å². The molecule has 1 amide bonds. The molecule has 6 nitrogen and oxygen atoms in total. The molecule has 34 heavy (non-hydrogen) atoms. The molecule has 4 rings (SSSR count). The predicted molar refractivity (Wildman–Crippen MR) is 137 cm³/mol. The monoisotopic (exact) mass is 491 g/mol. The number of nitro groups is 1. The van der Waals surface area contributed by atoms with Gasteiger partial charge in [-0.25, -0.2) is 0 Å². The van der Waals surface area contributed by atoms with Crippen LogP contribution in [0.3, 0.4) is 0 Å². The van der Waals surface area contributed by atoms with Crippen molar-refractivity contribution >= 4 is 52.4 Å². The highest BCUT2D eigenvalue weighted by Crippen LogP contribution is 2.37. The van der Waals surface area contributed by atoms with Gasteiger partial charge in [-0.2, -0.15) is 10.1 Å². The van der Waals surface area contributed by atoms with E-state index in [2.05, 4.69) is 5.10 Å². The molecule has 0 bridgehead atoms. The van der Waals surface area contributed by atoms with Gasteiger partial charge in [-0.05, 0) is 54.1 Å². The van der Waals surface area contributed by atoms with E-state index in [1.165, 1.54) is 28.9 Å². The molecule has 172 valence electrons. The van der Waals surface area contributed by atoms with Crippen LogP contribution >= 0.6 is 23.4 Å². The van der Waals surface area contributed by atoms with E-state index in [9.17, 15) is 14.9 Å². The van der Waals surface area contributed by atoms with Gasteiger partial charge in [-0.3, -0.25) is 14.9 Å². The molecule has 0 aromatic heterocycles. The molecule has 0 spiro atoms. The SMILES string of the molecule is CC(C)(C)C1=NN(c2ccccc2)C(=O)C1=Cc1cc([N+](=O)[O-])ccc1Sc1ccc(Cl)cc1. The number of non-ortho nitro benzene ring substituents is 1. The van der Waals surface area contributed by atoms with Crippen LogP contribution in [0, 0.1) is 15.5 Å². The third kappa shape index (κ3) is 5.05. The average molecular weight is 492 g/mol. The number of halogens is 1. The number of carbonyl (C=O) groups excluding carboxylic acids is 1. The van der Waals surface area contributed by atoms with E-state index in [1.807, 2.05) is 63.2 Å². The Balaban J connectivity index is 1.82. The number of benzene rings is 3. The average Bonchev–Trinajstić information content (AvgIpc) is 3.13. The van der Waals surface area contributed by atoms with Gasteiger partial charge in [0.05, 0.1) is 21.9 Å². The molecular weight excluding hydrogens is 470 g/mol. The van der Waals surface area contributed by atoms with E-state index in [4.69, 9.17) is 11.6 Å². The number of hydrazone groups is 1. The molecule has 0 saturated heterocycles. The maximum absolute atomic E-state index is 13.5. The molecule has 0 fully saturated rings. The Hall–Kier alpha value is -3.42. The number of nitro benzene ring substituents is 1. The van der Waals surface area contributed by atoms with Crippen molar-refractivity contribution in [2.24, 2.45) is 10.5 Å². The molecule has 0 aliphatic carbocycles. The summed E-state index contributed by atoms with van der Waals surface area (Å²) in [5.74, 6) is -0.273. The summed E-state index contributed by atoms with van der Waals surface area (Å²) >= 11 is 7.45. The van der Waals surface area contributed by atoms with Crippen molar-refractivity contribution < 1.29 is 9.72 Å². The van der Waals surface area contributed by atoms with E-state index in [0.717, 1.165) is 9.79 Å². The Morgan fingerprint density at radius 3 is 2.32 bits per heavy atom. The maximum atomic E-state index is 13.5.